The molecule has 1 atom stereocenters. The number of rotatable bonds is 5. The van der Waals surface area contributed by atoms with Gasteiger partial charge in [-0.3, -0.25) is 0 Å². The van der Waals surface area contributed by atoms with Crippen LogP contribution in [0.25, 0.3) is 0 Å². The Kier molecular flexibility index (Phi) is 4.65. The monoisotopic (exact) mass is 234 g/mol. The van der Waals surface area contributed by atoms with Crippen molar-refractivity contribution in [3.05, 3.63) is 35.4 Å². The molecule has 1 unspecified atom stereocenters. The van der Waals surface area contributed by atoms with Gasteiger partial charge in [-0.2, -0.15) is 5.26 Å². The van der Waals surface area contributed by atoms with Gasteiger partial charge in [0.2, 0.25) is 0 Å². The quantitative estimate of drug-likeness (QED) is 0.782. The summed E-state index contributed by atoms with van der Waals surface area (Å²) in [4.78, 5) is 1.98. The molecule has 0 bridgehead atoms. The van der Waals surface area contributed by atoms with Crippen molar-refractivity contribution in [2.45, 2.75) is 25.4 Å². The molecule has 0 aliphatic rings. The molecule has 0 amide bonds. The molecular weight excluding hydrogens is 215 g/mol. The van der Waals surface area contributed by atoms with Gasteiger partial charge in [0.05, 0.1) is 11.6 Å². The number of nitrogens with zero attached hydrogens (tertiary/aromatic N) is 2. The molecular formula is C14H19FN2. The first-order valence-corrected chi connectivity index (χ1v) is 5.86. The summed E-state index contributed by atoms with van der Waals surface area (Å²) in [5, 5.41) is 8.71. The normalized spacial score (nSPS) is 14.4. The predicted molar refractivity (Wildman–Crippen MR) is 67.4 cm³/mol. The Morgan fingerprint density at radius 2 is 1.88 bits per heavy atom. The zero-order chi connectivity index (χ0) is 12.9. The molecule has 0 saturated carbocycles. The van der Waals surface area contributed by atoms with Crippen LogP contribution in [0.1, 0.15) is 30.9 Å². The van der Waals surface area contributed by atoms with Crippen LogP contribution < -0.4 is 0 Å². The maximum absolute atomic E-state index is 14.7. The van der Waals surface area contributed by atoms with Gasteiger partial charge in [-0.05, 0) is 44.6 Å². The highest BCUT2D eigenvalue weighted by Crippen LogP contribution is 2.33. The smallest absolute Gasteiger partial charge is 0.137 e. The van der Waals surface area contributed by atoms with E-state index in [9.17, 15) is 4.39 Å². The Morgan fingerprint density at radius 1 is 1.29 bits per heavy atom. The predicted octanol–water partition coefficient (Wildman–Crippen LogP) is 3.08. The van der Waals surface area contributed by atoms with Gasteiger partial charge in [-0.15, -0.1) is 0 Å². The lowest BCUT2D eigenvalue weighted by molar-refractivity contribution is 0.129. The molecule has 1 rings (SSSR count). The molecule has 0 N–H and O–H groups in total. The zero-order valence-electron chi connectivity index (χ0n) is 10.7. The van der Waals surface area contributed by atoms with E-state index in [2.05, 4.69) is 0 Å². The van der Waals surface area contributed by atoms with Crippen LogP contribution in [-0.4, -0.2) is 25.5 Å². The molecule has 17 heavy (non-hydrogen) atoms. The third-order valence-electron chi connectivity index (χ3n) is 3.05. The Morgan fingerprint density at radius 3 is 2.29 bits per heavy atom. The maximum Gasteiger partial charge on any atom is 0.137 e. The summed E-state index contributed by atoms with van der Waals surface area (Å²) in [5.41, 5.74) is -0.0567. The molecule has 1 aromatic carbocycles. The first kappa shape index (κ1) is 13.7. The Balaban J connectivity index is 2.87. The number of hydrogen-bond acceptors (Lipinski definition) is 2. The van der Waals surface area contributed by atoms with Gasteiger partial charge in [0.1, 0.15) is 5.67 Å². The van der Waals surface area contributed by atoms with Crippen molar-refractivity contribution in [3.63, 3.8) is 0 Å². The van der Waals surface area contributed by atoms with E-state index in [0.29, 0.717) is 30.5 Å². The topological polar surface area (TPSA) is 27.0 Å². The van der Waals surface area contributed by atoms with Crippen LogP contribution >= 0.6 is 0 Å². The van der Waals surface area contributed by atoms with Gasteiger partial charge in [0.25, 0.3) is 0 Å². The number of alkyl halides is 1. The van der Waals surface area contributed by atoms with E-state index in [1.807, 2.05) is 32.0 Å². The molecule has 0 aliphatic heterocycles. The van der Waals surface area contributed by atoms with E-state index in [-0.39, 0.29) is 0 Å². The summed E-state index contributed by atoms with van der Waals surface area (Å²) in [6.45, 7) is 2.57. The molecule has 0 saturated heterocycles. The summed E-state index contributed by atoms with van der Waals surface area (Å²) in [7, 11) is 3.88. The third kappa shape index (κ3) is 3.54. The summed E-state index contributed by atoms with van der Waals surface area (Å²) < 4.78 is 14.7. The van der Waals surface area contributed by atoms with Crippen LogP contribution in [0.2, 0.25) is 0 Å². The fourth-order valence-corrected chi connectivity index (χ4v) is 1.77. The minimum Gasteiger partial charge on any atom is -0.309 e. The van der Waals surface area contributed by atoms with E-state index >= 15 is 0 Å². The lowest BCUT2D eigenvalue weighted by Crippen LogP contribution is -2.26. The maximum atomic E-state index is 14.7. The van der Waals surface area contributed by atoms with Gasteiger partial charge in [-0.25, -0.2) is 4.39 Å². The highest BCUT2D eigenvalue weighted by Gasteiger charge is 2.29. The van der Waals surface area contributed by atoms with Gasteiger partial charge < -0.3 is 4.90 Å². The Hall–Kier alpha value is -1.40. The van der Waals surface area contributed by atoms with Gasteiger partial charge in [0, 0.05) is 6.54 Å². The van der Waals surface area contributed by atoms with Crippen molar-refractivity contribution in [1.82, 2.24) is 4.90 Å². The molecule has 92 valence electrons. The zero-order valence-corrected chi connectivity index (χ0v) is 10.7. The number of halogens is 1. The van der Waals surface area contributed by atoms with Crippen molar-refractivity contribution >= 4 is 0 Å². The van der Waals surface area contributed by atoms with Gasteiger partial charge in [-0.1, -0.05) is 19.1 Å². The van der Waals surface area contributed by atoms with Crippen LogP contribution in [-0.2, 0) is 5.67 Å². The van der Waals surface area contributed by atoms with E-state index in [0.717, 1.165) is 0 Å². The second-order valence-electron chi connectivity index (χ2n) is 4.56. The number of nitriles is 1. The molecule has 0 fully saturated rings. The third-order valence-corrected chi connectivity index (χ3v) is 3.05. The van der Waals surface area contributed by atoms with Crippen molar-refractivity contribution in [2.24, 2.45) is 0 Å². The Labute approximate surface area is 103 Å². The molecule has 0 spiro atoms. The van der Waals surface area contributed by atoms with Crippen molar-refractivity contribution in [1.29, 1.82) is 5.26 Å². The van der Waals surface area contributed by atoms with Crippen molar-refractivity contribution in [2.75, 3.05) is 20.6 Å². The molecule has 0 aromatic heterocycles. The second kappa shape index (κ2) is 5.79. The molecule has 3 heteroatoms. The van der Waals surface area contributed by atoms with Crippen LogP contribution in [0, 0.1) is 11.3 Å². The van der Waals surface area contributed by atoms with E-state index < -0.39 is 5.67 Å². The highest BCUT2D eigenvalue weighted by atomic mass is 19.1. The minimum atomic E-state index is -1.29. The largest absolute Gasteiger partial charge is 0.309 e. The molecule has 0 radical (unpaired) electrons. The first-order valence-electron chi connectivity index (χ1n) is 5.86. The fraction of sp³-hybridized carbons (Fsp3) is 0.500. The fourth-order valence-electron chi connectivity index (χ4n) is 1.77. The average molecular weight is 234 g/mol. The molecule has 1 aromatic rings. The molecule has 0 heterocycles. The van der Waals surface area contributed by atoms with Crippen LogP contribution in [0.4, 0.5) is 4.39 Å². The average Bonchev–Trinajstić information content (AvgIpc) is 2.36. The summed E-state index contributed by atoms with van der Waals surface area (Å²) in [6.07, 6.45) is 0.926. The summed E-state index contributed by atoms with van der Waals surface area (Å²) >= 11 is 0. The van der Waals surface area contributed by atoms with E-state index in [1.54, 1.807) is 24.3 Å². The molecule has 2 nitrogen and oxygen atoms in total. The van der Waals surface area contributed by atoms with Crippen LogP contribution in [0.5, 0.6) is 0 Å². The summed E-state index contributed by atoms with van der Waals surface area (Å²) in [6, 6.07) is 8.83. The van der Waals surface area contributed by atoms with E-state index in [4.69, 9.17) is 5.26 Å². The van der Waals surface area contributed by atoms with Crippen molar-refractivity contribution in [3.8, 4) is 6.07 Å². The van der Waals surface area contributed by atoms with Crippen LogP contribution in [0.15, 0.2) is 24.3 Å². The highest BCUT2D eigenvalue weighted by molar-refractivity contribution is 5.34. The second-order valence-corrected chi connectivity index (χ2v) is 4.56. The number of hydrogen-bond donors (Lipinski definition) is 0. The first-order chi connectivity index (χ1) is 8.01. The van der Waals surface area contributed by atoms with Crippen LogP contribution in [0.3, 0.4) is 0 Å². The summed E-state index contributed by atoms with van der Waals surface area (Å²) in [5.74, 6) is 0. The Bertz CT molecular complexity index is 392. The van der Waals surface area contributed by atoms with Crippen molar-refractivity contribution < 1.29 is 4.39 Å². The van der Waals surface area contributed by atoms with Gasteiger partial charge in [0.15, 0.2) is 0 Å². The SMILES string of the molecule is CCC(F)(CCN(C)C)c1ccc(C#N)cc1. The number of benzene rings is 1. The van der Waals surface area contributed by atoms with E-state index in [1.165, 1.54) is 0 Å². The lowest BCUT2D eigenvalue weighted by atomic mass is 9.89. The molecule has 0 aliphatic carbocycles. The van der Waals surface area contributed by atoms with Gasteiger partial charge >= 0.3 is 0 Å². The minimum absolute atomic E-state index is 0.451. The standard InChI is InChI=1S/C14H19FN2/c1-4-14(15,9-10-17(2)3)13-7-5-12(11-16)6-8-13/h5-8H,4,9-10H2,1-3H3. The lowest BCUT2D eigenvalue weighted by Gasteiger charge is -2.26.